The van der Waals surface area contributed by atoms with E-state index in [2.05, 4.69) is 27.4 Å². The molecular formula is C23H21ClN4O3. The monoisotopic (exact) mass is 436 g/mol. The van der Waals surface area contributed by atoms with Crippen LogP contribution in [0.25, 0.3) is 22.5 Å². The Labute approximate surface area is 184 Å². The van der Waals surface area contributed by atoms with Crippen molar-refractivity contribution in [2.24, 2.45) is 7.05 Å². The summed E-state index contributed by atoms with van der Waals surface area (Å²) in [5, 5.41) is 18.3. The number of fused-ring (bicyclic) bond motifs is 1. The minimum absolute atomic E-state index is 0.159. The summed E-state index contributed by atoms with van der Waals surface area (Å²) in [5.41, 5.74) is 4.56. The van der Waals surface area contributed by atoms with Gasteiger partial charge in [-0.2, -0.15) is 5.10 Å². The van der Waals surface area contributed by atoms with Crippen LogP contribution in [0.3, 0.4) is 0 Å². The summed E-state index contributed by atoms with van der Waals surface area (Å²) in [5.74, 6) is -0.540. The van der Waals surface area contributed by atoms with Gasteiger partial charge in [-0.1, -0.05) is 23.7 Å². The number of anilines is 2. The van der Waals surface area contributed by atoms with Gasteiger partial charge in [0.05, 0.1) is 29.5 Å². The van der Waals surface area contributed by atoms with Crippen molar-refractivity contribution in [3.63, 3.8) is 0 Å². The van der Waals surface area contributed by atoms with Gasteiger partial charge in [-0.3, -0.25) is 9.48 Å². The number of aryl methyl sites for hydroxylation is 1. The summed E-state index contributed by atoms with van der Waals surface area (Å²) in [7, 11) is 1.75. The van der Waals surface area contributed by atoms with Crippen LogP contribution in [-0.2, 0) is 16.6 Å². The van der Waals surface area contributed by atoms with Crippen LogP contribution in [-0.4, -0.2) is 47.1 Å². The second-order valence-electron chi connectivity index (χ2n) is 7.58. The lowest BCUT2D eigenvalue weighted by molar-refractivity contribution is -0.110. The summed E-state index contributed by atoms with van der Waals surface area (Å²) in [4.78, 5) is 14.9. The number of aromatic nitrogens is 2. The van der Waals surface area contributed by atoms with Gasteiger partial charge in [0.1, 0.15) is 5.69 Å². The second-order valence-corrected chi connectivity index (χ2v) is 7.98. The summed E-state index contributed by atoms with van der Waals surface area (Å²) >= 11 is 6.55. The van der Waals surface area contributed by atoms with Gasteiger partial charge < -0.3 is 20.1 Å². The lowest BCUT2D eigenvalue weighted by Gasteiger charge is -2.29. The maximum Gasteiger partial charge on any atom is 0.260 e. The molecule has 2 aliphatic heterocycles. The first kappa shape index (κ1) is 19.7. The molecule has 1 fully saturated rings. The SMILES string of the molecule is Cn1ccc(C(O)=C2C(=O)Nc3cc(Cl)c(-c4ccc(N5CCOCC5)cc4)cc32)n1. The zero-order valence-corrected chi connectivity index (χ0v) is 17.7. The largest absolute Gasteiger partial charge is 0.505 e. The minimum Gasteiger partial charge on any atom is -0.505 e. The fraction of sp³-hybridized carbons (Fsp3) is 0.217. The first-order valence-electron chi connectivity index (χ1n) is 10.0. The number of hydrogen-bond donors (Lipinski definition) is 2. The van der Waals surface area contributed by atoms with Crippen LogP contribution < -0.4 is 10.2 Å². The normalized spacial score (nSPS) is 17.5. The highest BCUT2D eigenvalue weighted by Gasteiger charge is 2.30. The molecular weight excluding hydrogens is 416 g/mol. The predicted octanol–water partition coefficient (Wildman–Crippen LogP) is 3.96. The number of aliphatic hydroxyl groups excluding tert-OH is 1. The zero-order chi connectivity index (χ0) is 21.5. The quantitative estimate of drug-likeness (QED) is 0.480. The average molecular weight is 437 g/mol. The number of nitrogens with zero attached hydrogens (tertiary/aromatic N) is 3. The molecule has 0 radical (unpaired) electrons. The number of aliphatic hydroxyl groups is 1. The molecule has 0 unspecified atom stereocenters. The Bertz CT molecular complexity index is 1190. The van der Waals surface area contributed by atoms with E-state index >= 15 is 0 Å². The van der Waals surface area contributed by atoms with Gasteiger partial charge in [0, 0.05) is 43.1 Å². The third kappa shape index (κ3) is 3.56. The maximum atomic E-state index is 12.6. The van der Waals surface area contributed by atoms with E-state index < -0.39 is 0 Å². The highest BCUT2D eigenvalue weighted by Crippen LogP contribution is 2.42. The molecule has 5 rings (SSSR count). The van der Waals surface area contributed by atoms with Gasteiger partial charge in [-0.15, -0.1) is 0 Å². The summed E-state index contributed by atoms with van der Waals surface area (Å²) in [6.45, 7) is 3.20. The number of halogens is 1. The van der Waals surface area contributed by atoms with Crippen LogP contribution in [0.15, 0.2) is 48.7 Å². The molecule has 2 aliphatic rings. The Morgan fingerprint density at radius 3 is 2.55 bits per heavy atom. The number of rotatable bonds is 3. The first-order valence-corrected chi connectivity index (χ1v) is 10.4. The number of ether oxygens (including phenoxy) is 1. The van der Waals surface area contributed by atoms with E-state index in [1.807, 2.05) is 18.2 Å². The predicted molar refractivity (Wildman–Crippen MR) is 121 cm³/mol. The first-order chi connectivity index (χ1) is 15.0. The molecule has 31 heavy (non-hydrogen) atoms. The van der Waals surface area contributed by atoms with Gasteiger partial charge >= 0.3 is 0 Å². The smallest absolute Gasteiger partial charge is 0.260 e. The van der Waals surface area contributed by atoms with E-state index in [9.17, 15) is 9.90 Å². The lowest BCUT2D eigenvalue weighted by atomic mass is 9.98. The topological polar surface area (TPSA) is 79.6 Å². The van der Waals surface area contributed by atoms with E-state index in [1.165, 1.54) is 0 Å². The van der Waals surface area contributed by atoms with E-state index in [-0.39, 0.29) is 17.2 Å². The number of nitrogens with one attached hydrogen (secondary N) is 1. The third-order valence-corrected chi connectivity index (χ3v) is 5.91. The molecule has 0 bridgehead atoms. The molecule has 0 aliphatic carbocycles. The number of carbonyl (C=O) groups is 1. The Hall–Kier alpha value is -3.29. The van der Waals surface area contributed by atoms with Crippen LogP contribution in [0, 0.1) is 0 Å². The highest BCUT2D eigenvalue weighted by atomic mass is 35.5. The van der Waals surface area contributed by atoms with E-state index in [0.717, 1.165) is 43.1 Å². The third-order valence-electron chi connectivity index (χ3n) is 5.60. The van der Waals surface area contributed by atoms with E-state index in [4.69, 9.17) is 16.3 Å². The molecule has 8 heteroatoms. The van der Waals surface area contributed by atoms with Gasteiger partial charge in [-0.05, 0) is 35.9 Å². The fourth-order valence-electron chi connectivity index (χ4n) is 3.99. The summed E-state index contributed by atoms with van der Waals surface area (Å²) in [6.07, 6.45) is 1.71. The zero-order valence-electron chi connectivity index (χ0n) is 16.9. The Kier molecular flexibility index (Phi) is 4.92. The van der Waals surface area contributed by atoms with Gasteiger partial charge in [-0.25, -0.2) is 0 Å². The lowest BCUT2D eigenvalue weighted by Crippen LogP contribution is -2.36. The van der Waals surface area contributed by atoms with E-state index in [1.54, 1.807) is 30.1 Å². The van der Waals surface area contributed by atoms with Crippen molar-refractivity contribution in [1.82, 2.24) is 9.78 Å². The standard InChI is InChI=1S/C23H21ClN4O3/c1-27-7-6-19(26-27)22(29)21-17-12-16(18(24)13-20(17)25-23(21)30)14-2-4-15(5-3-14)28-8-10-31-11-9-28/h2-7,12-13,29H,8-11H2,1H3,(H,25,30). The van der Waals surface area contributed by atoms with Gasteiger partial charge in [0.25, 0.3) is 5.91 Å². The number of amides is 1. The van der Waals surface area contributed by atoms with Crippen molar-refractivity contribution in [2.45, 2.75) is 0 Å². The summed E-state index contributed by atoms with van der Waals surface area (Å²) < 4.78 is 6.99. The van der Waals surface area contributed by atoms with Crippen LogP contribution in [0.1, 0.15) is 11.3 Å². The molecule has 7 nitrogen and oxygen atoms in total. The van der Waals surface area contributed by atoms with Crippen LogP contribution in [0.2, 0.25) is 5.02 Å². The number of carbonyl (C=O) groups excluding carboxylic acids is 1. The molecule has 3 heterocycles. The van der Waals surface area contributed by atoms with Gasteiger partial charge in [0.2, 0.25) is 0 Å². The minimum atomic E-state index is -0.381. The Balaban J connectivity index is 1.54. The van der Waals surface area contributed by atoms with Crippen molar-refractivity contribution >= 4 is 40.2 Å². The second kappa shape index (κ2) is 7.76. The molecule has 3 aromatic rings. The van der Waals surface area contributed by atoms with Crippen LogP contribution >= 0.6 is 11.6 Å². The molecule has 0 spiro atoms. The molecule has 2 aromatic carbocycles. The number of hydrogen-bond acceptors (Lipinski definition) is 5. The molecule has 0 saturated carbocycles. The van der Waals surface area contributed by atoms with Crippen molar-refractivity contribution in [2.75, 3.05) is 36.5 Å². The summed E-state index contributed by atoms with van der Waals surface area (Å²) in [6, 6.07) is 13.4. The Morgan fingerprint density at radius 1 is 1.13 bits per heavy atom. The van der Waals surface area contributed by atoms with Crippen LogP contribution in [0.4, 0.5) is 11.4 Å². The van der Waals surface area contributed by atoms with E-state index in [0.29, 0.717) is 22.0 Å². The molecule has 1 saturated heterocycles. The number of morpholine rings is 1. The maximum absolute atomic E-state index is 12.6. The number of benzene rings is 2. The van der Waals surface area contributed by atoms with Gasteiger partial charge in [0.15, 0.2) is 5.76 Å². The molecule has 158 valence electrons. The van der Waals surface area contributed by atoms with Crippen molar-refractivity contribution in [3.05, 3.63) is 64.9 Å². The molecule has 1 aromatic heterocycles. The average Bonchev–Trinajstić information content (AvgIpc) is 3.35. The molecule has 0 atom stereocenters. The van der Waals surface area contributed by atoms with Crippen LogP contribution in [0.5, 0.6) is 0 Å². The van der Waals surface area contributed by atoms with Crippen molar-refractivity contribution < 1.29 is 14.6 Å². The van der Waals surface area contributed by atoms with Crippen molar-refractivity contribution in [1.29, 1.82) is 0 Å². The van der Waals surface area contributed by atoms with Crippen molar-refractivity contribution in [3.8, 4) is 11.1 Å². The molecule has 2 N–H and O–H groups in total. The fourth-order valence-corrected chi connectivity index (χ4v) is 4.26. The Morgan fingerprint density at radius 2 is 1.87 bits per heavy atom. The highest BCUT2D eigenvalue weighted by molar-refractivity contribution is 6.38. The molecule has 1 amide bonds.